The number of carbonyl (C=O) groups is 1. The van der Waals surface area contributed by atoms with E-state index in [1.807, 2.05) is 32.9 Å². The van der Waals surface area contributed by atoms with Gasteiger partial charge >= 0.3 is 0 Å². The Balaban J connectivity index is 1.96. The third-order valence-corrected chi connectivity index (χ3v) is 4.65. The van der Waals surface area contributed by atoms with Gasteiger partial charge in [0.15, 0.2) is 0 Å². The summed E-state index contributed by atoms with van der Waals surface area (Å²) in [5.41, 5.74) is 8.80. The number of amides is 1. The van der Waals surface area contributed by atoms with Crippen LogP contribution in [0.4, 0.5) is 5.69 Å². The molecule has 1 amide bonds. The molecule has 4 nitrogen and oxygen atoms in total. The molecule has 0 bridgehead atoms. The van der Waals surface area contributed by atoms with E-state index < -0.39 is 0 Å². The topological polar surface area (TPSA) is 58.4 Å². The summed E-state index contributed by atoms with van der Waals surface area (Å²) in [6.45, 7) is 8.24. The molecule has 1 saturated heterocycles. The van der Waals surface area contributed by atoms with Crippen LogP contribution in [0.25, 0.3) is 0 Å². The molecule has 0 spiro atoms. The fraction of sp³-hybridized carbons (Fsp3) is 0.588. The van der Waals surface area contributed by atoms with Gasteiger partial charge < -0.3 is 11.1 Å². The second kappa shape index (κ2) is 7.44. The number of anilines is 1. The minimum atomic E-state index is -0.0147. The molecule has 5 heteroatoms. The first-order valence-electron chi connectivity index (χ1n) is 7.91. The summed E-state index contributed by atoms with van der Waals surface area (Å²) in [4.78, 5) is 14.5. The predicted molar refractivity (Wildman–Crippen MR) is 92.4 cm³/mol. The van der Waals surface area contributed by atoms with Crippen LogP contribution in [0.2, 0.25) is 5.02 Å². The van der Waals surface area contributed by atoms with E-state index >= 15 is 0 Å². The van der Waals surface area contributed by atoms with Crippen LogP contribution in [0.1, 0.15) is 30.9 Å². The van der Waals surface area contributed by atoms with Gasteiger partial charge in [-0.3, -0.25) is 9.69 Å². The van der Waals surface area contributed by atoms with Gasteiger partial charge in [-0.05, 0) is 63.3 Å². The van der Waals surface area contributed by atoms with Gasteiger partial charge in [0.25, 0.3) is 0 Å². The van der Waals surface area contributed by atoms with Crippen molar-refractivity contribution in [3.8, 4) is 0 Å². The maximum absolute atomic E-state index is 12.3. The maximum atomic E-state index is 12.3. The largest absolute Gasteiger partial charge is 0.328 e. The molecule has 3 N–H and O–H groups in total. The van der Waals surface area contributed by atoms with Gasteiger partial charge in [-0.1, -0.05) is 17.7 Å². The van der Waals surface area contributed by atoms with Gasteiger partial charge in [-0.15, -0.1) is 0 Å². The molecule has 1 fully saturated rings. The average Bonchev–Trinajstić information content (AvgIpc) is 2.43. The third-order valence-electron chi connectivity index (χ3n) is 4.35. The summed E-state index contributed by atoms with van der Waals surface area (Å²) in [6.07, 6.45) is 2.25. The quantitative estimate of drug-likeness (QED) is 0.895. The van der Waals surface area contributed by atoms with Crippen molar-refractivity contribution in [2.24, 2.45) is 11.7 Å². The molecule has 1 aliphatic heterocycles. The first-order valence-corrected chi connectivity index (χ1v) is 8.29. The van der Waals surface area contributed by atoms with Crippen molar-refractivity contribution in [1.29, 1.82) is 0 Å². The van der Waals surface area contributed by atoms with Crippen LogP contribution in [0.15, 0.2) is 12.1 Å². The first-order chi connectivity index (χ1) is 10.4. The monoisotopic (exact) mass is 323 g/mol. The van der Waals surface area contributed by atoms with Crippen LogP contribution in [-0.2, 0) is 4.79 Å². The molecule has 0 saturated carbocycles. The van der Waals surface area contributed by atoms with Crippen molar-refractivity contribution < 1.29 is 4.79 Å². The molecule has 2 unspecified atom stereocenters. The van der Waals surface area contributed by atoms with Crippen LogP contribution < -0.4 is 11.1 Å². The van der Waals surface area contributed by atoms with Crippen molar-refractivity contribution in [2.45, 2.75) is 39.7 Å². The lowest BCUT2D eigenvalue weighted by Gasteiger charge is -2.34. The summed E-state index contributed by atoms with van der Waals surface area (Å²) >= 11 is 6.24. The van der Waals surface area contributed by atoms with Crippen molar-refractivity contribution in [3.05, 3.63) is 28.3 Å². The van der Waals surface area contributed by atoms with E-state index in [4.69, 9.17) is 17.3 Å². The first kappa shape index (κ1) is 17.3. The van der Waals surface area contributed by atoms with E-state index in [1.165, 1.54) is 0 Å². The van der Waals surface area contributed by atoms with Crippen LogP contribution in [0.5, 0.6) is 0 Å². The summed E-state index contributed by atoms with van der Waals surface area (Å²) in [7, 11) is 0. The smallest absolute Gasteiger partial charge is 0.238 e. The molecule has 1 heterocycles. The lowest BCUT2D eigenvalue weighted by atomic mass is 9.92. The maximum Gasteiger partial charge on any atom is 0.238 e. The Morgan fingerprint density at radius 1 is 1.50 bits per heavy atom. The van der Waals surface area contributed by atoms with Gasteiger partial charge in [0.05, 0.1) is 17.3 Å². The van der Waals surface area contributed by atoms with E-state index in [0.717, 1.165) is 42.7 Å². The van der Waals surface area contributed by atoms with Crippen molar-refractivity contribution in [1.82, 2.24) is 4.90 Å². The van der Waals surface area contributed by atoms with Crippen molar-refractivity contribution in [2.75, 3.05) is 25.0 Å². The lowest BCUT2D eigenvalue weighted by Crippen LogP contribution is -2.45. The van der Waals surface area contributed by atoms with Gasteiger partial charge in [0.2, 0.25) is 5.91 Å². The number of benzene rings is 1. The number of rotatable bonds is 4. The zero-order chi connectivity index (χ0) is 16.3. The number of carbonyl (C=O) groups excluding carboxylic acids is 1. The molecular formula is C17H26ClN3O. The fourth-order valence-corrected chi connectivity index (χ4v) is 3.49. The molecule has 0 radical (unpaired) electrons. The predicted octanol–water partition coefficient (Wildman–Crippen LogP) is 2.95. The van der Waals surface area contributed by atoms with E-state index in [1.54, 1.807) is 0 Å². The summed E-state index contributed by atoms with van der Waals surface area (Å²) in [5.74, 6) is 0.463. The number of likely N-dealkylation sites (tertiary alicyclic amines) is 1. The third kappa shape index (κ3) is 4.45. The Labute approximate surface area is 138 Å². The van der Waals surface area contributed by atoms with Crippen LogP contribution in [0, 0.1) is 19.8 Å². The molecule has 1 aliphatic rings. The van der Waals surface area contributed by atoms with Crippen LogP contribution in [-0.4, -0.2) is 36.5 Å². The summed E-state index contributed by atoms with van der Waals surface area (Å²) in [5, 5.41) is 3.55. The van der Waals surface area contributed by atoms with Crippen molar-refractivity contribution in [3.63, 3.8) is 0 Å². The molecule has 0 aromatic heterocycles. The normalized spacial score (nSPS) is 20.7. The summed E-state index contributed by atoms with van der Waals surface area (Å²) in [6, 6.07) is 4.07. The Bertz CT molecular complexity index is 522. The van der Waals surface area contributed by atoms with Crippen LogP contribution in [0.3, 0.4) is 0 Å². The SMILES string of the molecule is Cc1cc(C)c(NC(=O)CN2CCCC(C(C)N)C2)c(Cl)c1. The second-order valence-electron chi connectivity index (χ2n) is 6.48. The highest BCUT2D eigenvalue weighted by atomic mass is 35.5. The lowest BCUT2D eigenvalue weighted by molar-refractivity contribution is -0.117. The number of nitrogens with one attached hydrogen (secondary N) is 1. The Kier molecular flexibility index (Phi) is 5.84. The van der Waals surface area contributed by atoms with Crippen molar-refractivity contribution >= 4 is 23.2 Å². The highest BCUT2D eigenvalue weighted by molar-refractivity contribution is 6.34. The van der Waals surface area contributed by atoms with E-state index in [0.29, 0.717) is 17.5 Å². The molecule has 1 aromatic rings. The molecule has 2 atom stereocenters. The number of nitrogens with zero attached hydrogens (tertiary/aromatic N) is 1. The number of hydrogen-bond donors (Lipinski definition) is 2. The van der Waals surface area contributed by atoms with E-state index in [-0.39, 0.29) is 11.9 Å². The molecule has 2 rings (SSSR count). The number of hydrogen-bond acceptors (Lipinski definition) is 3. The molecule has 122 valence electrons. The fourth-order valence-electron chi connectivity index (χ4n) is 3.12. The standard InChI is InChI=1S/C17H26ClN3O/c1-11-7-12(2)17(15(18)8-11)20-16(22)10-21-6-4-5-14(9-21)13(3)19/h7-8,13-14H,4-6,9-10,19H2,1-3H3,(H,20,22). The van der Waals surface area contributed by atoms with Gasteiger partial charge in [0, 0.05) is 12.6 Å². The zero-order valence-electron chi connectivity index (χ0n) is 13.7. The molecule has 0 aliphatic carbocycles. The van der Waals surface area contributed by atoms with E-state index in [2.05, 4.69) is 10.2 Å². The number of nitrogens with two attached hydrogens (primary N) is 1. The zero-order valence-corrected chi connectivity index (χ0v) is 14.4. The van der Waals surface area contributed by atoms with Gasteiger partial charge in [0.1, 0.15) is 0 Å². The number of piperidine rings is 1. The molecule has 1 aromatic carbocycles. The summed E-state index contributed by atoms with van der Waals surface area (Å²) < 4.78 is 0. The Morgan fingerprint density at radius 3 is 2.86 bits per heavy atom. The number of aryl methyl sites for hydroxylation is 2. The van der Waals surface area contributed by atoms with Gasteiger partial charge in [-0.25, -0.2) is 0 Å². The highest BCUT2D eigenvalue weighted by Crippen LogP contribution is 2.27. The molecule has 22 heavy (non-hydrogen) atoms. The average molecular weight is 324 g/mol. The highest BCUT2D eigenvalue weighted by Gasteiger charge is 2.24. The van der Waals surface area contributed by atoms with Crippen LogP contribution >= 0.6 is 11.6 Å². The minimum Gasteiger partial charge on any atom is -0.328 e. The minimum absolute atomic E-state index is 0.0147. The Morgan fingerprint density at radius 2 is 2.23 bits per heavy atom. The van der Waals surface area contributed by atoms with Gasteiger partial charge in [-0.2, -0.15) is 0 Å². The Hall–Kier alpha value is -1.10. The number of halogens is 1. The van der Waals surface area contributed by atoms with E-state index in [9.17, 15) is 4.79 Å². The molecular weight excluding hydrogens is 298 g/mol. The second-order valence-corrected chi connectivity index (χ2v) is 6.89.